The highest BCUT2D eigenvalue weighted by Gasteiger charge is 2.53. The van der Waals surface area contributed by atoms with Gasteiger partial charge < -0.3 is 9.53 Å². The number of rotatable bonds is 4. The van der Waals surface area contributed by atoms with Gasteiger partial charge in [-0.25, -0.2) is 8.42 Å². The smallest absolute Gasteiger partial charge is 0.208 e. The zero-order valence-electron chi connectivity index (χ0n) is 17.6. The van der Waals surface area contributed by atoms with Gasteiger partial charge in [0, 0.05) is 12.3 Å². The number of sulfone groups is 1. The lowest BCUT2D eigenvalue weighted by atomic mass is 9.90. The van der Waals surface area contributed by atoms with E-state index in [0.717, 1.165) is 0 Å². The molecule has 1 aliphatic carbocycles. The number of benzene rings is 1. The van der Waals surface area contributed by atoms with Crippen molar-refractivity contribution in [3.63, 3.8) is 0 Å². The Morgan fingerprint density at radius 1 is 1.15 bits per heavy atom. The first kappa shape index (κ1) is 22.3. The van der Waals surface area contributed by atoms with Gasteiger partial charge in [-0.15, -0.1) is 0 Å². The summed E-state index contributed by atoms with van der Waals surface area (Å²) in [5.74, 6) is -0.545. The number of aliphatic hydroxyl groups is 1. The molecule has 0 amide bonds. The zero-order chi connectivity index (χ0) is 20.7. The standard InChI is InChI=1S/C21H34O4SSi/c1-16-12-11-15-21(22,26(23,24)18-13-9-8-10-14-18)17(2)19(16)25-27(6,7)20(3,4)5/h8-14,16-17,19,22H,15H2,1-7H3/t16-,17-,19+,21+/m0/s1. The third kappa shape index (κ3) is 4.09. The minimum Gasteiger partial charge on any atom is -0.413 e. The summed E-state index contributed by atoms with van der Waals surface area (Å²) < 4.78 is 33.4. The summed E-state index contributed by atoms with van der Waals surface area (Å²) in [7, 11) is -6.08. The van der Waals surface area contributed by atoms with E-state index >= 15 is 0 Å². The van der Waals surface area contributed by atoms with Crippen molar-refractivity contribution in [1.29, 1.82) is 0 Å². The first-order chi connectivity index (χ1) is 12.2. The van der Waals surface area contributed by atoms with Gasteiger partial charge in [0.15, 0.2) is 13.3 Å². The second-order valence-electron chi connectivity index (χ2n) is 9.28. The maximum Gasteiger partial charge on any atom is 0.208 e. The van der Waals surface area contributed by atoms with Crippen molar-refractivity contribution in [2.75, 3.05) is 0 Å². The monoisotopic (exact) mass is 410 g/mol. The summed E-state index contributed by atoms with van der Waals surface area (Å²) in [5.41, 5.74) is 0. The van der Waals surface area contributed by atoms with E-state index in [2.05, 4.69) is 33.9 Å². The molecule has 0 saturated heterocycles. The average Bonchev–Trinajstić information content (AvgIpc) is 2.67. The van der Waals surface area contributed by atoms with Crippen molar-refractivity contribution in [3.05, 3.63) is 42.5 Å². The van der Waals surface area contributed by atoms with Crippen molar-refractivity contribution >= 4 is 18.2 Å². The minimum atomic E-state index is -3.94. The summed E-state index contributed by atoms with van der Waals surface area (Å²) in [6.45, 7) is 14.6. The molecule has 0 aromatic heterocycles. The SMILES string of the molecule is C[C@H]1C=CC[C@@](O)(S(=O)(=O)c2ccccc2)[C@@H](C)[C@@H]1O[Si](C)(C)C(C)(C)C. The van der Waals surface area contributed by atoms with Crippen LogP contribution in [0.4, 0.5) is 0 Å². The summed E-state index contributed by atoms with van der Waals surface area (Å²) in [5, 5.41) is 11.5. The molecule has 0 unspecified atom stereocenters. The molecule has 1 aliphatic rings. The van der Waals surface area contributed by atoms with Gasteiger partial charge in [-0.3, -0.25) is 0 Å². The average molecular weight is 411 g/mol. The fourth-order valence-corrected chi connectivity index (χ4v) is 6.66. The molecule has 0 bridgehead atoms. The molecule has 4 nitrogen and oxygen atoms in total. The number of hydrogen-bond acceptors (Lipinski definition) is 4. The van der Waals surface area contributed by atoms with E-state index in [1.807, 2.05) is 19.9 Å². The van der Waals surface area contributed by atoms with Gasteiger partial charge in [-0.05, 0) is 36.2 Å². The third-order valence-electron chi connectivity index (χ3n) is 6.33. The Morgan fingerprint density at radius 2 is 1.70 bits per heavy atom. The van der Waals surface area contributed by atoms with Gasteiger partial charge in [0.1, 0.15) is 0 Å². The molecule has 6 heteroatoms. The molecular weight excluding hydrogens is 376 g/mol. The van der Waals surface area contributed by atoms with Crippen LogP contribution < -0.4 is 0 Å². The van der Waals surface area contributed by atoms with E-state index in [9.17, 15) is 13.5 Å². The van der Waals surface area contributed by atoms with E-state index in [1.165, 1.54) is 0 Å². The van der Waals surface area contributed by atoms with Crippen molar-refractivity contribution < 1.29 is 18.0 Å². The summed E-state index contributed by atoms with van der Waals surface area (Å²) in [4.78, 5) is -1.75. The van der Waals surface area contributed by atoms with Crippen LogP contribution in [0.5, 0.6) is 0 Å². The van der Waals surface area contributed by atoms with Crippen LogP contribution in [0.1, 0.15) is 41.0 Å². The molecule has 0 saturated carbocycles. The number of hydrogen-bond donors (Lipinski definition) is 1. The summed E-state index contributed by atoms with van der Waals surface area (Å²) in [6, 6.07) is 8.22. The zero-order valence-corrected chi connectivity index (χ0v) is 19.4. The molecule has 1 aromatic carbocycles. The lowest BCUT2D eigenvalue weighted by Crippen LogP contribution is -2.54. The molecule has 0 aliphatic heterocycles. The Morgan fingerprint density at radius 3 is 2.22 bits per heavy atom. The highest BCUT2D eigenvalue weighted by atomic mass is 32.2. The maximum absolute atomic E-state index is 13.4. The van der Waals surface area contributed by atoms with Crippen LogP contribution in [0.2, 0.25) is 18.1 Å². The van der Waals surface area contributed by atoms with E-state index in [1.54, 1.807) is 36.4 Å². The lowest BCUT2D eigenvalue weighted by Gasteiger charge is -2.45. The first-order valence-electron chi connectivity index (χ1n) is 9.60. The second kappa shape index (κ2) is 7.47. The van der Waals surface area contributed by atoms with Crippen LogP contribution in [0.25, 0.3) is 0 Å². The van der Waals surface area contributed by atoms with Crippen molar-refractivity contribution in [1.82, 2.24) is 0 Å². The van der Waals surface area contributed by atoms with Crippen LogP contribution in [0.15, 0.2) is 47.4 Å². The highest BCUT2D eigenvalue weighted by molar-refractivity contribution is 7.92. The Labute approximate surface area is 165 Å². The molecule has 0 heterocycles. The van der Waals surface area contributed by atoms with Gasteiger partial charge in [0.2, 0.25) is 9.84 Å². The predicted octanol–water partition coefficient (Wildman–Crippen LogP) is 4.77. The van der Waals surface area contributed by atoms with Gasteiger partial charge >= 0.3 is 0 Å². The quantitative estimate of drug-likeness (QED) is 0.573. The first-order valence-corrected chi connectivity index (χ1v) is 14.0. The largest absolute Gasteiger partial charge is 0.413 e. The van der Waals surface area contributed by atoms with Gasteiger partial charge in [-0.1, -0.05) is 65.0 Å². The van der Waals surface area contributed by atoms with Crippen LogP contribution >= 0.6 is 0 Å². The van der Waals surface area contributed by atoms with Gasteiger partial charge in [0.25, 0.3) is 0 Å². The predicted molar refractivity (Wildman–Crippen MR) is 113 cm³/mol. The summed E-state index contributed by atoms with van der Waals surface area (Å²) >= 11 is 0. The van der Waals surface area contributed by atoms with Crippen LogP contribution in [-0.2, 0) is 14.3 Å². The van der Waals surface area contributed by atoms with Gasteiger partial charge in [-0.2, -0.15) is 0 Å². The lowest BCUT2D eigenvalue weighted by molar-refractivity contribution is -0.00930. The third-order valence-corrected chi connectivity index (χ3v) is 13.2. The molecular formula is C21H34O4SSi. The second-order valence-corrected chi connectivity index (χ2v) is 16.2. The molecule has 0 radical (unpaired) electrons. The van der Waals surface area contributed by atoms with E-state index in [0.29, 0.717) is 0 Å². The van der Waals surface area contributed by atoms with Gasteiger partial charge in [0.05, 0.1) is 11.0 Å². The molecule has 0 fully saturated rings. The Bertz CT molecular complexity index is 780. The molecule has 0 spiro atoms. The molecule has 4 atom stereocenters. The Hall–Kier alpha value is -0.953. The van der Waals surface area contributed by atoms with Crippen LogP contribution in [0, 0.1) is 11.8 Å². The Balaban J connectivity index is 2.49. The molecule has 2 rings (SSSR count). The van der Waals surface area contributed by atoms with Crippen molar-refractivity contribution in [2.24, 2.45) is 11.8 Å². The van der Waals surface area contributed by atoms with Crippen molar-refractivity contribution in [3.8, 4) is 0 Å². The fourth-order valence-electron chi connectivity index (χ4n) is 3.34. The highest BCUT2D eigenvalue weighted by Crippen LogP contribution is 2.44. The maximum atomic E-state index is 13.4. The molecule has 1 aromatic rings. The normalized spacial score (nSPS) is 30.1. The van der Waals surface area contributed by atoms with Crippen LogP contribution in [-0.4, -0.2) is 32.9 Å². The van der Waals surface area contributed by atoms with Crippen LogP contribution in [0.3, 0.4) is 0 Å². The van der Waals surface area contributed by atoms with E-state index in [4.69, 9.17) is 4.43 Å². The van der Waals surface area contributed by atoms with E-state index < -0.39 is 29.0 Å². The van der Waals surface area contributed by atoms with E-state index in [-0.39, 0.29) is 28.4 Å². The topological polar surface area (TPSA) is 63.6 Å². The van der Waals surface area contributed by atoms with Crippen molar-refractivity contribution in [2.45, 2.75) is 75.1 Å². The molecule has 152 valence electrons. The summed E-state index contributed by atoms with van der Waals surface area (Å²) in [6.07, 6.45) is 3.46. The fraction of sp³-hybridized carbons (Fsp3) is 0.619. The molecule has 1 N–H and O–H groups in total. The Kier molecular flexibility index (Phi) is 6.18. The minimum absolute atomic E-state index is 0.00111. The molecule has 27 heavy (non-hydrogen) atoms.